The molecule has 11 N–H and O–H groups in total. The molecule has 16 saturated carbocycles. The van der Waals surface area contributed by atoms with Crippen LogP contribution in [0.5, 0.6) is 0 Å². The minimum absolute atomic E-state index is 0.0401. The van der Waals surface area contributed by atoms with Crippen molar-refractivity contribution in [3.8, 4) is 0 Å². The summed E-state index contributed by atoms with van der Waals surface area (Å²) in [6.07, 6.45) is 42.3. The summed E-state index contributed by atoms with van der Waals surface area (Å²) in [6.45, 7) is 17.0. The maximum atomic E-state index is 14.0. The smallest absolute Gasteiger partial charge is 0.312 e. The molecule has 656 valence electrons. The summed E-state index contributed by atoms with van der Waals surface area (Å²) in [5, 5.41) is 43.4. The van der Waals surface area contributed by atoms with E-state index in [1.54, 1.807) is 19.0 Å². The molecule has 0 amide bonds. The second kappa shape index (κ2) is 34.5. The van der Waals surface area contributed by atoms with Crippen molar-refractivity contribution in [3.05, 3.63) is 85.0 Å². The lowest BCUT2D eigenvalue weighted by molar-refractivity contribution is -0.0446. The SMILES string of the molecule is CC(C)n1cnc2c(NCC34CC5CC(CC(C5)C3)C4)nc(F)nc21.CCC(CO)Nc1nc(NCC23CC4CC(CC(C4)C2)C3)c2ncn(C(C)C)c2n1.CCC(CO)Nc1nc(NCC23CC4CC(CC(C4)C2)C3)c2ncn(C)c2n1.Clc1nc(NCc2ccccc2)c2[nH]cnc2n1.Fc1nc(NCC23CC4CC(CC(C4)C2)C3)c2[nH]cnc2n1. The van der Waals surface area contributed by atoms with Gasteiger partial charge in [0.2, 0.25) is 17.2 Å². The summed E-state index contributed by atoms with van der Waals surface area (Å²) in [4.78, 5) is 70.5. The third-order valence-corrected chi connectivity index (χ3v) is 30.8. The number of H-pyrrole nitrogens is 2. The van der Waals surface area contributed by atoms with Crippen LogP contribution in [0.15, 0.2) is 62.0 Å². The largest absolute Gasteiger partial charge is 0.394 e. The van der Waals surface area contributed by atoms with Gasteiger partial charge in [0.05, 0.1) is 56.9 Å². The number of aromatic amines is 2. The predicted octanol–water partition coefficient (Wildman–Crippen LogP) is 17.3. The van der Waals surface area contributed by atoms with Crippen LogP contribution < -0.4 is 37.2 Å². The van der Waals surface area contributed by atoms with E-state index in [-0.39, 0.29) is 42.7 Å². The van der Waals surface area contributed by atoms with Gasteiger partial charge in [0, 0.05) is 51.9 Å². The van der Waals surface area contributed by atoms with Gasteiger partial charge in [-0.1, -0.05) is 44.2 Å². The van der Waals surface area contributed by atoms with Crippen LogP contribution in [0.2, 0.25) is 5.28 Å². The zero-order valence-electron chi connectivity index (χ0n) is 72.4. The highest BCUT2D eigenvalue weighted by molar-refractivity contribution is 6.28. The monoisotopic (exact) mass is 1700 g/mol. The minimum atomic E-state index is -0.715. The molecule has 16 fully saturated rings. The summed E-state index contributed by atoms with van der Waals surface area (Å²) in [7, 11) is 1.96. The van der Waals surface area contributed by atoms with Crippen LogP contribution in [0.3, 0.4) is 0 Å². The Morgan fingerprint density at radius 1 is 0.415 bits per heavy atom. The van der Waals surface area contributed by atoms with Crippen LogP contribution in [0.1, 0.15) is 226 Å². The van der Waals surface area contributed by atoms with Gasteiger partial charge >= 0.3 is 12.2 Å². The molecule has 10 aromatic heterocycles. The number of nitrogens with zero attached hydrogens (tertiary/aromatic N) is 18. The molecule has 16 bridgehead atoms. The number of hydrogen-bond donors (Lipinski definition) is 11. The number of aromatic nitrogens is 20. The van der Waals surface area contributed by atoms with E-state index in [0.29, 0.717) is 85.5 Å². The Balaban J connectivity index is 0.000000102. The van der Waals surface area contributed by atoms with Crippen molar-refractivity contribution in [2.75, 3.05) is 76.6 Å². The van der Waals surface area contributed by atoms with Crippen LogP contribution in [-0.2, 0) is 13.6 Å². The zero-order chi connectivity index (χ0) is 84.5. The maximum Gasteiger partial charge on any atom is 0.312 e. The predicted molar refractivity (Wildman–Crippen MR) is 476 cm³/mol. The summed E-state index contributed by atoms with van der Waals surface area (Å²) >= 11 is 5.85. The molecule has 0 spiro atoms. The first-order valence-electron chi connectivity index (χ1n) is 46.1. The topological polar surface area (TPSA) is 364 Å². The maximum absolute atomic E-state index is 14.0. The lowest BCUT2D eigenvalue weighted by Crippen LogP contribution is -2.49. The van der Waals surface area contributed by atoms with E-state index in [2.05, 4.69) is 132 Å². The number of aryl methyl sites for hydroxylation is 1. The first-order valence-corrected chi connectivity index (χ1v) is 46.5. The first kappa shape index (κ1) is 83.2. The Kier molecular flexibility index (Phi) is 23.4. The van der Waals surface area contributed by atoms with Gasteiger partial charge in [0.1, 0.15) is 11.0 Å². The summed E-state index contributed by atoms with van der Waals surface area (Å²) in [5.74, 6) is 15.7. The van der Waals surface area contributed by atoms with E-state index in [1.165, 1.54) is 166 Å². The zero-order valence-corrected chi connectivity index (χ0v) is 73.2. The van der Waals surface area contributed by atoms with E-state index in [9.17, 15) is 19.0 Å². The number of rotatable bonds is 25. The Labute approximate surface area is 722 Å². The summed E-state index contributed by atoms with van der Waals surface area (Å²) < 4.78 is 33.5. The van der Waals surface area contributed by atoms with Gasteiger partial charge in [-0.25, -0.2) is 24.9 Å². The fraction of sp³-hybridized carbons (Fsp3) is 0.659. The average Bonchev–Trinajstić information content (AvgIpc) is 1.13. The number of imidazole rings is 5. The fourth-order valence-corrected chi connectivity index (χ4v) is 26.9. The van der Waals surface area contributed by atoms with Gasteiger partial charge in [-0.2, -0.15) is 58.6 Å². The Hall–Kier alpha value is -9.36. The number of benzene rings is 1. The molecular formula is C91H124ClF2N27O2. The number of nitrogens with one attached hydrogen (secondary N) is 9. The normalized spacial score (nSPS) is 29.7. The Bertz CT molecular complexity index is 5380. The van der Waals surface area contributed by atoms with Crippen LogP contribution in [0.25, 0.3) is 55.8 Å². The highest BCUT2D eigenvalue weighted by Crippen LogP contribution is 2.64. The third kappa shape index (κ3) is 17.8. The first-order chi connectivity index (χ1) is 59.6. The van der Waals surface area contributed by atoms with Crippen molar-refractivity contribution in [2.24, 2.45) is 99.7 Å². The van der Waals surface area contributed by atoms with Gasteiger partial charge in [0.15, 0.2) is 73.9 Å². The minimum Gasteiger partial charge on any atom is -0.394 e. The molecule has 1 aromatic carbocycles. The van der Waals surface area contributed by atoms with Crippen molar-refractivity contribution in [1.82, 2.24) is 98.4 Å². The number of aliphatic hydroxyl groups is 2. The summed E-state index contributed by atoms with van der Waals surface area (Å²) in [6, 6.07) is 10.4. The van der Waals surface area contributed by atoms with Gasteiger partial charge in [0.25, 0.3) is 0 Å². The molecule has 0 saturated heterocycles. The van der Waals surface area contributed by atoms with Crippen LogP contribution in [-0.4, -0.2) is 160 Å². The molecule has 123 heavy (non-hydrogen) atoms. The van der Waals surface area contributed by atoms with Gasteiger partial charge in [-0.15, -0.1) is 0 Å². The molecule has 29 nitrogen and oxygen atoms in total. The number of halogens is 3. The van der Waals surface area contributed by atoms with Crippen molar-refractivity contribution in [3.63, 3.8) is 0 Å². The number of fused-ring (bicyclic) bond motifs is 5. The van der Waals surface area contributed by atoms with E-state index >= 15 is 0 Å². The van der Waals surface area contributed by atoms with Crippen molar-refractivity contribution < 1.29 is 19.0 Å². The standard InChI is InChI=1S/C23H36N6O.C21H32N6O.C19H26FN5.C16H20FN5.C12H10ClN5/c1-4-18(11-30)26-22-27-20(19-21(28-22)29(13-25-19)14(2)3)24-12-23-8-15-5-16(9-23)7-17(6-15)10-23;1-3-16(10-28)24-20-25-18(17-19(26-20)27(2)12-23-17)22-11-21-7-13-4-14(8-21)6-15(5-13)9-21;1-11(2)25-10-22-15-16(23-18(20)24-17(15)25)21-9-19-6-12-3-13(7-19)5-14(4-12)8-19;17-15-21-13(12-14(22-15)20-8-19-12)18-7-16-4-9-1-10(5-16)3-11(2-9)6-16;13-12-17-10(9-11(18-12)16-7-15-9)14-6-8-4-2-1-3-5-8/h13-18,30H,4-12H2,1-3H3,(H2,24,26,27,28);12-16,28H,3-11H2,1-2H3,(H2,22,24,25,26);10-14H,3-9H2,1-2H3,(H,21,23,24);8-11H,1-7H2,(H2,18,19,20,21,22);1-5,7H,6H2,(H2,14,15,16,17,18). The second-order valence-corrected chi connectivity index (χ2v) is 41.0. The lowest BCUT2D eigenvalue weighted by Gasteiger charge is -2.57. The molecule has 0 aliphatic heterocycles. The molecule has 10 heterocycles. The lowest BCUT2D eigenvalue weighted by atomic mass is 9.49. The van der Waals surface area contributed by atoms with Crippen LogP contribution >= 0.6 is 11.6 Å². The number of anilines is 7. The fourth-order valence-electron chi connectivity index (χ4n) is 26.7. The van der Waals surface area contributed by atoms with E-state index in [1.807, 2.05) is 73.6 Å². The average molecular weight is 1700 g/mol. The molecule has 27 rings (SSSR count). The van der Waals surface area contributed by atoms with Gasteiger partial charge in [-0.05, 0) is 304 Å². The van der Waals surface area contributed by atoms with Crippen molar-refractivity contribution in [1.29, 1.82) is 0 Å². The molecule has 2 atom stereocenters. The van der Waals surface area contributed by atoms with Crippen molar-refractivity contribution >= 4 is 108 Å². The molecular weight excluding hydrogens is 1580 g/mol. The quantitative estimate of drug-likeness (QED) is 0.0237. The molecule has 11 aromatic rings. The van der Waals surface area contributed by atoms with Crippen LogP contribution in [0.4, 0.5) is 49.8 Å². The van der Waals surface area contributed by atoms with E-state index in [4.69, 9.17) is 26.6 Å². The highest BCUT2D eigenvalue weighted by Gasteiger charge is 2.55. The second-order valence-electron chi connectivity index (χ2n) is 40.7. The highest BCUT2D eigenvalue weighted by atomic mass is 35.5. The van der Waals surface area contributed by atoms with E-state index < -0.39 is 12.2 Å². The van der Waals surface area contributed by atoms with Crippen LogP contribution in [0, 0.1) is 105 Å². The number of aliphatic hydroxyl groups excluding tert-OH is 2. The molecule has 16 aliphatic carbocycles. The Morgan fingerprint density at radius 2 is 0.756 bits per heavy atom. The molecule has 0 radical (unpaired) electrons. The molecule has 32 heteroatoms. The summed E-state index contributed by atoms with van der Waals surface area (Å²) in [5.41, 5.74) is 9.81. The van der Waals surface area contributed by atoms with E-state index in [0.717, 1.165) is 150 Å². The van der Waals surface area contributed by atoms with Gasteiger partial charge in [-0.3, -0.25) is 0 Å². The van der Waals surface area contributed by atoms with Crippen molar-refractivity contribution in [2.45, 2.75) is 239 Å². The molecule has 2 unspecified atom stereocenters. The molecule has 16 aliphatic rings. The third-order valence-electron chi connectivity index (χ3n) is 30.6. The number of hydrogen-bond acceptors (Lipinski definition) is 24. The van der Waals surface area contributed by atoms with Gasteiger partial charge < -0.3 is 71.1 Å². The Morgan fingerprint density at radius 3 is 1.15 bits per heavy atom.